The Morgan fingerprint density at radius 1 is 1.00 bits per heavy atom. The summed E-state index contributed by atoms with van der Waals surface area (Å²) in [6.45, 7) is -0.123. The van der Waals surface area contributed by atoms with E-state index in [4.69, 9.17) is 0 Å². The predicted molar refractivity (Wildman–Crippen MR) is 114 cm³/mol. The number of amides is 3. The molecule has 2 aromatic carbocycles. The Balaban J connectivity index is 1.59. The molecule has 3 aromatic rings. The fourth-order valence-corrected chi connectivity index (χ4v) is 3.32. The van der Waals surface area contributed by atoms with Crippen LogP contribution >= 0.6 is 0 Å². The Bertz CT molecular complexity index is 1130. The highest BCUT2D eigenvalue weighted by Crippen LogP contribution is 2.22. The van der Waals surface area contributed by atoms with Crippen LogP contribution in [0.25, 0.3) is 11.8 Å². The zero-order valence-electron chi connectivity index (χ0n) is 16.7. The molecule has 0 unspecified atom stereocenters. The van der Waals surface area contributed by atoms with Crippen molar-refractivity contribution >= 4 is 23.7 Å². The lowest BCUT2D eigenvalue weighted by Crippen LogP contribution is -2.30. The molecule has 3 amide bonds. The van der Waals surface area contributed by atoms with E-state index in [1.54, 1.807) is 24.3 Å². The molecule has 0 radical (unpaired) electrons. The molecule has 6 nitrogen and oxygen atoms in total. The van der Waals surface area contributed by atoms with Crippen LogP contribution in [0.3, 0.4) is 0 Å². The highest BCUT2D eigenvalue weighted by atomic mass is 19.1. The van der Waals surface area contributed by atoms with E-state index < -0.39 is 17.8 Å². The van der Waals surface area contributed by atoms with Crippen molar-refractivity contribution in [3.05, 3.63) is 89.6 Å². The number of carbonyl (C=O) groups is 2. The van der Waals surface area contributed by atoms with Gasteiger partial charge in [0, 0.05) is 42.9 Å². The molecule has 0 bridgehead atoms. The van der Waals surface area contributed by atoms with Crippen molar-refractivity contribution in [1.82, 2.24) is 14.8 Å². The Labute approximate surface area is 173 Å². The number of aromatic nitrogens is 1. The van der Waals surface area contributed by atoms with E-state index in [1.807, 2.05) is 66.2 Å². The fourth-order valence-electron chi connectivity index (χ4n) is 3.32. The molecule has 1 aromatic heterocycles. The quantitative estimate of drug-likeness (QED) is 0.520. The molecule has 2 heterocycles. The Hall–Kier alpha value is -3.87. The second-order valence-corrected chi connectivity index (χ2v) is 7.18. The van der Waals surface area contributed by atoms with Crippen molar-refractivity contribution in [1.29, 1.82) is 0 Å². The molecule has 30 heavy (non-hydrogen) atoms. The van der Waals surface area contributed by atoms with Gasteiger partial charge in [0.05, 0.1) is 6.54 Å². The first-order valence-corrected chi connectivity index (χ1v) is 9.47. The van der Waals surface area contributed by atoms with Crippen molar-refractivity contribution in [3.63, 3.8) is 0 Å². The summed E-state index contributed by atoms with van der Waals surface area (Å²) in [5.41, 5.74) is 3.18. The standard InChI is InChI=1S/C23H21FN4O2/c1-26(2)17-9-11-18(12-10-17)27-13-5-7-19(27)14-21-22(29)28(23(30)25-21)15-16-6-3-4-8-20(16)24/h3-14H,15H2,1-2H3,(H,25,30)/b21-14-. The van der Waals surface area contributed by atoms with Gasteiger partial charge in [-0.3, -0.25) is 9.69 Å². The third-order valence-corrected chi connectivity index (χ3v) is 4.97. The number of anilines is 1. The van der Waals surface area contributed by atoms with Crippen LogP contribution in [0.1, 0.15) is 11.3 Å². The van der Waals surface area contributed by atoms with E-state index in [1.165, 1.54) is 6.07 Å². The number of benzene rings is 2. The Morgan fingerprint density at radius 3 is 2.43 bits per heavy atom. The highest BCUT2D eigenvalue weighted by Gasteiger charge is 2.34. The van der Waals surface area contributed by atoms with Gasteiger partial charge in [-0.25, -0.2) is 9.18 Å². The molecule has 152 valence electrons. The van der Waals surface area contributed by atoms with Crippen LogP contribution in [-0.2, 0) is 11.3 Å². The number of rotatable bonds is 5. The molecule has 0 saturated carbocycles. The summed E-state index contributed by atoms with van der Waals surface area (Å²) in [5.74, 6) is -0.940. The van der Waals surface area contributed by atoms with Crippen LogP contribution in [0.15, 0.2) is 72.6 Å². The largest absolute Gasteiger partial charge is 0.378 e. The minimum absolute atomic E-state index is 0.123. The van der Waals surface area contributed by atoms with Crippen molar-refractivity contribution < 1.29 is 14.0 Å². The normalized spacial score (nSPS) is 15.0. The maximum Gasteiger partial charge on any atom is 0.329 e. The molecule has 0 spiro atoms. The molecule has 1 N–H and O–H groups in total. The number of imide groups is 1. The van der Waals surface area contributed by atoms with E-state index in [0.29, 0.717) is 0 Å². The van der Waals surface area contributed by atoms with Gasteiger partial charge in [0.2, 0.25) is 0 Å². The minimum atomic E-state index is -0.567. The van der Waals surface area contributed by atoms with Crippen molar-refractivity contribution in [2.75, 3.05) is 19.0 Å². The van der Waals surface area contributed by atoms with Gasteiger partial charge in [-0.15, -0.1) is 0 Å². The van der Waals surface area contributed by atoms with E-state index >= 15 is 0 Å². The number of hydrogen-bond acceptors (Lipinski definition) is 3. The summed E-state index contributed by atoms with van der Waals surface area (Å²) in [6, 6.07) is 17.2. The smallest absolute Gasteiger partial charge is 0.329 e. The lowest BCUT2D eigenvalue weighted by molar-refractivity contribution is -0.123. The number of nitrogens with one attached hydrogen (secondary N) is 1. The molecule has 1 saturated heterocycles. The lowest BCUT2D eigenvalue weighted by Gasteiger charge is -2.14. The van der Waals surface area contributed by atoms with Gasteiger partial charge >= 0.3 is 6.03 Å². The summed E-state index contributed by atoms with van der Waals surface area (Å²) in [4.78, 5) is 28.1. The van der Waals surface area contributed by atoms with Gasteiger partial charge in [-0.2, -0.15) is 0 Å². The van der Waals surface area contributed by atoms with Crippen molar-refractivity contribution in [2.45, 2.75) is 6.54 Å². The SMILES string of the molecule is CN(C)c1ccc(-n2cccc2/C=C2\NC(=O)N(Cc3ccccc3F)C2=O)cc1. The molecule has 1 aliphatic rings. The first kappa shape index (κ1) is 19.4. The molecule has 0 aliphatic carbocycles. The number of halogens is 1. The van der Waals surface area contributed by atoms with Gasteiger partial charge in [-0.1, -0.05) is 18.2 Å². The number of nitrogens with zero attached hydrogens (tertiary/aromatic N) is 3. The Morgan fingerprint density at radius 2 is 1.73 bits per heavy atom. The van der Waals surface area contributed by atoms with Crippen LogP contribution < -0.4 is 10.2 Å². The van der Waals surface area contributed by atoms with E-state index in [0.717, 1.165) is 22.0 Å². The summed E-state index contributed by atoms with van der Waals surface area (Å²) >= 11 is 0. The van der Waals surface area contributed by atoms with Gasteiger partial charge in [0.1, 0.15) is 11.5 Å². The zero-order valence-corrected chi connectivity index (χ0v) is 16.7. The molecule has 1 fully saturated rings. The summed E-state index contributed by atoms with van der Waals surface area (Å²) < 4.78 is 15.8. The predicted octanol–water partition coefficient (Wildman–Crippen LogP) is 3.78. The maximum absolute atomic E-state index is 13.9. The number of urea groups is 1. The summed E-state index contributed by atoms with van der Waals surface area (Å²) in [7, 11) is 3.95. The maximum atomic E-state index is 13.9. The highest BCUT2D eigenvalue weighted by molar-refractivity contribution is 6.13. The van der Waals surface area contributed by atoms with Gasteiger partial charge in [-0.05, 0) is 48.5 Å². The number of hydrogen-bond donors (Lipinski definition) is 1. The number of carbonyl (C=O) groups excluding carboxylic acids is 2. The van der Waals surface area contributed by atoms with Gasteiger partial charge < -0.3 is 14.8 Å². The Kier molecular flexibility index (Phi) is 5.10. The van der Waals surface area contributed by atoms with Gasteiger partial charge in [0.25, 0.3) is 5.91 Å². The van der Waals surface area contributed by atoms with Crippen molar-refractivity contribution in [2.24, 2.45) is 0 Å². The van der Waals surface area contributed by atoms with Crippen molar-refractivity contribution in [3.8, 4) is 5.69 Å². The molecule has 4 rings (SSSR count). The topological polar surface area (TPSA) is 57.6 Å². The average Bonchev–Trinajstić information content (AvgIpc) is 3.30. The fraction of sp³-hybridized carbons (Fsp3) is 0.130. The molecular weight excluding hydrogens is 383 g/mol. The van der Waals surface area contributed by atoms with Crippen LogP contribution in [-0.4, -0.2) is 35.5 Å². The first-order chi connectivity index (χ1) is 14.4. The monoisotopic (exact) mass is 404 g/mol. The zero-order chi connectivity index (χ0) is 21.3. The van der Waals surface area contributed by atoms with Crippen LogP contribution in [0.5, 0.6) is 0 Å². The third-order valence-electron chi connectivity index (χ3n) is 4.97. The van der Waals surface area contributed by atoms with Crippen LogP contribution in [0.4, 0.5) is 14.9 Å². The van der Waals surface area contributed by atoms with Crippen LogP contribution in [0.2, 0.25) is 0 Å². The van der Waals surface area contributed by atoms with E-state index in [9.17, 15) is 14.0 Å². The second-order valence-electron chi connectivity index (χ2n) is 7.18. The molecule has 1 aliphatic heterocycles. The van der Waals surface area contributed by atoms with E-state index in [2.05, 4.69) is 5.32 Å². The minimum Gasteiger partial charge on any atom is -0.378 e. The molecular formula is C23H21FN4O2. The lowest BCUT2D eigenvalue weighted by atomic mass is 10.2. The molecule has 7 heteroatoms. The first-order valence-electron chi connectivity index (χ1n) is 9.47. The molecule has 0 atom stereocenters. The third kappa shape index (κ3) is 3.69. The average molecular weight is 404 g/mol. The van der Waals surface area contributed by atoms with Crippen LogP contribution in [0, 0.1) is 5.82 Å². The van der Waals surface area contributed by atoms with Gasteiger partial charge in [0.15, 0.2) is 0 Å². The summed E-state index contributed by atoms with van der Waals surface area (Å²) in [6.07, 6.45) is 3.51. The van der Waals surface area contributed by atoms with E-state index in [-0.39, 0.29) is 17.8 Å². The summed E-state index contributed by atoms with van der Waals surface area (Å²) in [5, 5.41) is 2.59. The second kappa shape index (κ2) is 7.87.